The van der Waals surface area contributed by atoms with Gasteiger partial charge in [0.1, 0.15) is 6.10 Å². The normalized spacial score (nSPS) is 31.8. The number of epoxide rings is 1. The number of benzene rings is 1. The van der Waals surface area contributed by atoms with Crippen LogP contribution in [0.2, 0.25) is 0 Å². The third kappa shape index (κ3) is 1.33. The predicted octanol–water partition coefficient (Wildman–Crippen LogP) is 0.810. The van der Waals surface area contributed by atoms with Crippen LogP contribution in [-0.4, -0.2) is 28.5 Å². The molecule has 0 aromatic heterocycles. The summed E-state index contributed by atoms with van der Waals surface area (Å²) in [5.41, 5.74) is 1.05. The van der Waals surface area contributed by atoms with Crippen molar-refractivity contribution < 1.29 is 19.5 Å². The molecule has 1 fully saturated rings. The smallest absolute Gasteiger partial charge is 0.280 e. The number of aliphatic hydroxyl groups excluding tert-OH is 1. The number of amides is 1. The van der Waals surface area contributed by atoms with E-state index in [0.29, 0.717) is 11.1 Å². The molecule has 5 nitrogen and oxygen atoms in total. The number of nitrogens with zero attached hydrogens (tertiary/aromatic N) is 1. The first kappa shape index (κ1) is 9.77. The Kier molecular flexibility index (Phi) is 2.00. The van der Waals surface area contributed by atoms with E-state index in [1.54, 1.807) is 24.3 Å². The van der Waals surface area contributed by atoms with Gasteiger partial charge in [-0.05, 0) is 13.0 Å². The van der Waals surface area contributed by atoms with Gasteiger partial charge in [0.05, 0.1) is 0 Å². The summed E-state index contributed by atoms with van der Waals surface area (Å²) in [5, 5.41) is 10.9. The van der Waals surface area contributed by atoms with Gasteiger partial charge in [-0.15, -0.1) is 0 Å². The number of fused-ring (bicyclic) bond motifs is 1. The molecule has 1 saturated heterocycles. The van der Waals surface area contributed by atoms with Crippen molar-refractivity contribution in [3.63, 3.8) is 0 Å². The molecule has 1 amide bonds. The standard InChI is InChI=1S/C11H11NO4/c1-6-11(15-6)16-12-9(13)7-4-2-3-5-8(7)10(12)14/h2-6,9,11,13H,1H3. The van der Waals surface area contributed by atoms with Crippen molar-refractivity contribution >= 4 is 5.91 Å². The highest BCUT2D eigenvalue weighted by Crippen LogP contribution is 2.35. The minimum absolute atomic E-state index is 0.0243. The summed E-state index contributed by atoms with van der Waals surface area (Å²) in [6.07, 6.45) is -1.49. The first-order valence-corrected chi connectivity index (χ1v) is 5.11. The first-order chi connectivity index (χ1) is 7.68. The van der Waals surface area contributed by atoms with E-state index in [1.165, 1.54) is 0 Å². The lowest BCUT2D eigenvalue weighted by Crippen LogP contribution is -2.29. The van der Waals surface area contributed by atoms with Crippen LogP contribution in [0.4, 0.5) is 0 Å². The van der Waals surface area contributed by atoms with Crippen LogP contribution < -0.4 is 0 Å². The largest absolute Gasteiger partial charge is 0.367 e. The van der Waals surface area contributed by atoms with Gasteiger partial charge in [-0.1, -0.05) is 18.2 Å². The van der Waals surface area contributed by atoms with E-state index < -0.39 is 12.5 Å². The number of hydrogen-bond acceptors (Lipinski definition) is 4. The van der Waals surface area contributed by atoms with Gasteiger partial charge in [-0.3, -0.25) is 4.79 Å². The molecule has 1 N–H and O–H groups in total. The zero-order valence-corrected chi connectivity index (χ0v) is 8.66. The van der Waals surface area contributed by atoms with Crippen LogP contribution in [0, 0.1) is 0 Å². The first-order valence-electron chi connectivity index (χ1n) is 5.11. The van der Waals surface area contributed by atoms with Crippen LogP contribution in [-0.2, 0) is 9.57 Å². The molecule has 3 rings (SSSR count). The van der Waals surface area contributed by atoms with E-state index >= 15 is 0 Å². The van der Waals surface area contributed by atoms with Crippen LogP contribution in [0.25, 0.3) is 0 Å². The lowest BCUT2D eigenvalue weighted by atomic mass is 10.1. The fraction of sp³-hybridized carbons (Fsp3) is 0.364. The fourth-order valence-corrected chi connectivity index (χ4v) is 1.77. The van der Waals surface area contributed by atoms with Crippen LogP contribution in [0.15, 0.2) is 24.3 Å². The third-order valence-corrected chi connectivity index (χ3v) is 2.76. The van der Waals surface area contributed by atoms with Gasteiger partial charge < -0.3 is 9.84 Å². The van der Waals surface area contributed by atoms with Crippen molar-refractivity contribution in [2.75, 3.05) is 0 Å². The highest BCUT2D eigenvalue weighted by Gasteiger charge is 2.44. The molecule has 3 atom stereocenters. The minimum atomic E-state index is -1.04. The van der Waals surface area contributed by atoms with Gasteiger partial charge in [-0.2, -0.15) is 5.06 Å². The second-order valence-corrected chi connectivity index (χ2v) is 3.91. The summed E-state index contributed by atoms with van der Waals surface area (Å²) >= 11 is 0. The van der Waals surface area contributed by atoms with Gasteiger partial charge in [0.15, 0.2) is 6.23 Å². The highest BCUT2D eigenvalue weighted by atomic mass is 16.9. The molecule has 0 radical (unpaired) electrons. The summed E-state index contributed by atoms with van der Waals surface area (Å²) in [6, 6.07) is 6.90. The average molecular weight is 221 g/mol. The maximum absolute atomic E-state index is 11.9. The second kappa shape index (κ2) is 3.28. The van der Waals surface area contributed by atoms with E-state index in [-0.39, 0.29) is 12.0 Å². The molecule has 2 aliphatic heterocycles. The summed E-state index contributed by atoms with van der Waals surface area (Å²) in [4.78, 5) is 17.1. The van der Waals surface area contributed by atoms with Crippen molar-refractivity contribution in [2.24, 2.45) is 0 Å². The number of hydroxylamine groups is 2. The molecule has 84 valence electrons. The molecule has 0 aliphatic carbocycles. The predicted molar refractivity (Wildman–Crippen MR) is 53.0 cm³/mol. The maximum atomic E-state index is 11.9. The Balaban J connectivity index is 1.86. The number of carbonyl (C=O) groups excluding carboxylic acids is 1. The van der Waals surface area contributed by atoms with Crippen LogP contribution in [0.1, 0.15) is 29.1 Å². The molecule has 16 heavy (non-hydrogen) atoms. The Labute approximate surface area is 92.1 Å². The van der Waals surface area contributed by atoms with E-state index in [1.807, 2.05) is 6.92 Å². The molecule has 1 aromatic carbocycles. The number of aliphatic hydroxyl groups is 1. The van der Waals surface area contributed by atoms with Crippen LogP contribution >= 0.6 is 0 Å². The Morgan fingerprint density at radius 1 is 1.44 bits per heavy atom. The Hall–Kier alpha value is -1.43. The molecule has 2 heterocycles. The maximum Gasteiger partial charge on any atom is 0.280 e. The SMILES string of the molecule is CC1OC1ON1C(=O)c2ccccc2C1O. The molecule has 0 saturated carbocycles. The van der Waals surface area contributed by atoms with Gasteiger partial charge >= 0.3 is 0 Å². The molecular formula is C11H11NO4. The molecule has 3 unspecified atom stereocenters. The van der Waals surface area contributed by atoms with E-state index in [9.17, 15) is 9.90 Å². The third-order valence-electron chi connectivity index (χ3n) is 2.76. The molecule has 1 aromatic rings. The zero-order valence-electron chi connectivity index (χ0n) is 8.66. The summed E-state index contributed by atoms with van der Waals surface area (Å²) in [7, 11) is 0. The Morgan fingerprint density at radius 2 is 2.12 bits per heavy atom. The van der Waals surface area contributed by atoms with Crippen molar-refractivity contribution in [1.29, 1.82) is 0 Å². The number of carbonyl (C=O) groups is 1. The highest BCUT2D eigenvalue weighted by molar-refractivity contribution is 5.98. The summed E-state index contributed by atoms with van der Waals surface area (Å²) in [6.45, 7) is 1.84. The summed E-state index contributed by atoms with van der Waals surface area (Å²) in [5.74, 6) is -0.328. The van der Waals surface area contributed by atoms with Crippen molar-refractivity contribution in [3.8, 4) is 0 Å². The summed E-state index contributed by atoms with van der Waals surface area (Å²) < 4.78 is 5.05. The van der Waals surface area contributed by atoms with Crippen molar-refractivity contribution in [3.05, 3.63) is 35.4 Å². The lowest BCUT2D eigenvalue weighted by molar-refractivity contribution is -0.224. The molecule has 0 bridgehead atoms. The topological polar surface area (TPSA) is 62.3 Å². The quantitative estimate of drug-likeness (QED) is 0.751. The van der Waals surface area contributed by atoms with Crippen LogP contribution in [0.3, 0.4) is 0 Å². The molecule has 0 spiro atoms. The van der Waals surface area contributed by atoms with Gasteiger partial charge in [0, 0.05) is 11.1 Å². The number of hydrogen-bond donors (Lipinski definition) is 1. The monoisotopic (exact) mass is 221 g/mol. The number of rotatable bonds is 2. The zero-order chi connectivity index (χ0) is 11.3. The fourth-order valence-electron chi connectivity index (χ4n) is 1.77. The van der Waals surface area contributed by atoms with E-state index in [0.717, 1.165) is 5.06 Å². The minimum Gasteiger partial charge on any atom is -0.367 e. The number of ether oxygens (including phenoxy) is 1. The van der Waals surface area contributed by atoms with Crippen molar-refractivity contribution in [1.82, 2.24) is 5.06 Å². The lowest BCUT2D eigenvalue weighted by Gasteiger charge is -2.18. The molecule has 2 aliphatic rings. The molecule has 5 heteroatoms. The Bertz CT molecular complexity index is 447. The van der Waals surface area contributed by atoms with Gasteiger partial charge in [0.2, 0.25) is 6.29 Å². The average Bonchev–Trinajstić information content (AvgIpc) is 2.94. The Morgan fingerprint density at radius 3 is 2.75 bits per heavy atom. The molecular weight excluding hydrogens is 210 g/mol. The van der Waals surface area contributed by atoms with Gasteiger partial charge in [-0.25, -0.2) is 4.84 Å². The van der Waals surface area contributed by atoms with Crippen LogP contribution in [0.5, 0.6) is 0 Å². The van der Waals surface area contributed by atoms with E-state index in [4.69, 9.17) is 9.57 Å². The second-order valence-electron chi connectivity index (χ2n) is 3.91. The van der Waals surface area contributed by atoms with E-state index in [2.05, 4.69) is 0 Å². The van der Waals surface area contributed by atoms with Crippen molar-refractivity contribution in [2.45, 2.75) is 25.5 Å². The van der Waals surface area contributed by atoms with Gasteiger partial charge in [0.25, 0.3) is 5.91 Å².